The summed E-state index contributed by atoms with van der Waals surface area (Å²) in [7, 11) is 1.46. The molecule has 0 heterocycles. The van der Waals surface area contributed by atoms with Gasteiger partial charge >= 0.3 is 0 Å². The highest BCUT2D eigenvalue weighted by atomic mass is 19.2. The van der Waals surface area contributed by atoms with E-state index in [0.717, 1.165) is 6.07 Å². The zero-order valence-corrected chi connectivity index (χ0v) is 11.2. The van der Waals surface area contributed by atoms with Crippen LogP contribution in [-0.2, 0) is 0 Å². The summed E-state index contributed by atoms with van der Waals surface area (Å²) in [4.78, 5) is 0. The Morgan fingerprint density at radius 2 is 1.76 bits per heavy atom. The van der Waals surface area contributed by atoms with Crippen molar-refractivity contribution in [2.45, 2.75) is 6.04 Å². The Kier molecular flexibility index (Phi) is 4.70. The lowest BCUT2D eigenvalue weighted by Crippen LogP contribution is -2.17. The largest absolute Gasteiger partial charge is 0.495 e. The zero-order valence-electron chi connectivity index (χ0n) is 11.2. The first-order valence-electron chi connectivity index (χ1n) is 6.21. The van der Waals surface area contributed by atoms with Crippen molar-refractivity contribution in [1.29, 1.82) is 0 Å². The number of para-hydroxylation sites is 2. The molecular weight excluding hydrogens is 283 g/mol. The summed E-state index contributed by atoms with van der Waals surface area (Å²) in [5.41, 5.74) is 0.338. The van der Waals surface area contributed by atoms with Gasteiger partial charge in [-0.1, -0.05) is 12.1 Å². The molecule has 0 aliphatic heterocycles. The van der Waals surface area contributed by atoms with E-state index < -0.39 is 30.1 Å². The van der Waals surface area contributed by atoms with Crippen molar-refractivity contribution in [3.05, 3.63) is 59.4 Å². The van der Waals surface area contributed by atoms with Crippen LogP contribution in [0.25, 0.3) is 0 Å². The molecule has 0 fully saturated rings. The number of benzene rings is 2. The molecule has 1 unspecified atom stereocenters. The first-order chi connectivity index (χ1) is 10.1. The molecule has 21 heavy (non-hydrogen) atoms. The van der Waals surface area contributed by atoms with Gasteiger partial charge in [-0.25, -0.2) is 13.2 Å². The predicted octanol–water partition coefficient (Wildman–Crippen LogP) is 3.26. The number of anilines is 1. The minimum absolute atomic E-state index is 0.165. The summed E-state index contributed by atoms with van der Waals surface area (Å²) in [5, 5.41) is 12.3. The summed E-state index contributed by atoms with van der Waals surface area (Å²) in [6.07, 6.45) is 0. The minimum atomic E-state index is -1.27. The van der Waals surface area contributed by atoms with Gasteiger partial charge in [-0.15, -0.1) is 0 Å². The van der Waals surface area contributed by atoms with Gasteiger partial charge in [0.25, 0.3) is 0 Å². The smallest absolute Gasteiger partial charge is 0.161 e. The van der Waals surface area contributed by atoms with Gasteiger partial charge in [0, 0.05) is 11.6 Å². The van der Waals surface area contributed by atoms with Crippen LogP contribution in [0.2, 0.25) is 0 Å². The lowest BCUT2D eigenvalue weighted by molar-refractivity contribution is 0.273. The molecule has 0 aromatic heterocycles. The van der Waals surface area contributed by atoms with E-state index in [0.29, 0.717) is 17.5 Å². The summed E-state index contributed by atoms with van der Waals surface area (Å²) >= 11 is 0. The lowest BCUT2D eigenvalue weighted by Gasteiger charge is -2.20. The number of nitrogens with one attached hydrogen (secondary N) is 1. The predicted molar refractivity (Wildman–Crippen MR) is 72.8 cm³/mol. The quantitative estimate of drug-likeness (QED) is 0.832. The van der Waals surface area contributed by atoms with Crippen LogP contribution < -0.4 is 10.1 Å². The molecular formula is C15H14F3NO2. The molecule has 6 heteroatoms. The molecule has 0 amide bonds. The molecule has 2 aromatic rings. The molecule has 0 aliphatic rings. The molecule has 1 atom stereocenters. The maximum Gasteiger partial charge on any atom is 0.161 e. The van der Waals surface area contributed by atoms with E-state index in [2.05, 4.69) is 5.32 Å². The molecule has 0 saturated carbocycles. The van der Waals surface area contributed by atoms with E-state index in [1.54, 1.807) is 24.3 Å². The summed E-state index contributed by atoms with van der Waals surface area (Å²) in [6.45, 7) is -0.500. The highest BCUT2D eigenvalue weighted by Gasteiger charge is 2.19. The van der Waals surface area contributed by atoms with E-state index in [1.165, 1.54) is 7.11 Å². The van der Waals surface area contributed by atoms with Gasteiger partial charge in [0.05, 0.1) is 25.4 Å². The van der Waals surface area contributed by atoms with E-state index >= 15 is 0 Å². The van der Waals surface area contributed by atoms with Gasteiger partial charge in [-0.2, -0.15) is 0 Å². The Balaban J connectivity index is 2.34. The number of rotatable bonds is 5. The zero-order chi connectivity index (χ0) is 15.4. The summed E-state index contributed by atoms with van der Waals surface area (Å²) in [6, 6.07) is 7.07. The average molecular weight is 297 g/mol. The van der Waals surface area contributed by atoms with Gasteiger partial charge in [0.1, 0.15) is 11.6 Å². The van der Waals surface area contributed by atoms with Crippen LogP contribution in [0.1, 0.15) is 11.6 Å². The van der Waals surface area contributed by atoms with E-state index in [1.807, 2.05) is 0 Å². The van der Waals surface area contributed by atoms with Crippen molar-refractivity contribution in [1.82, 2.24) is 0 Å². The third kappa shape index (κ3) is 3.28. The van der Waals surface area contributed by atoms with Gasteiger partial charge in [-0.05, 0) is 18.2 Å². The molecule has 0 bridgehead atoms. The fraction of sp³-hybridized carbons (Fsp3) is 0.200. The van der Waals surface area contributed by atoms with E-state index in [-0.39, 0.29) is 5.56 Å². The van der Waals surface area contributed by atoms with Gasteiger partial charge in [0.15, 0.2) is 11.6 Å². The standard InChI is InChI=1S/C15H14F3NO2/c1-21-15-5-3-2-4-13(15)19-14(8-20)9-6-11(17)12(18)7-10(9)16/h2-7,14,19-20H,8H2,1H3. The van der Waals surface area contributed by atoms with Gasteiger partial charge in [0.2, 0.25) is 0 Å². The number of aliphatic hydroxyl groups excluding tert-OH is 1. The number of methoxy groups -OCH3 is 1. The molecule has 2 rings (SSSR count). The lowest BCUT2D eigenvalue weighted by atomic mass is 10.1. The molecule has 2 aromatic carbocycles. The molecule has 2 N–H and O–H groups in total. The Labute approximate surface area is 120 Å². The normalized spacial score (nSPS) is 12.0. The van der Waals surface area contributed by atoms with Crippen molar-refractivity contribution in [3.63, 3.8) is 0 Å². The SMILES string of the molecule is COc1ccccc1NC(CO)c1cc(F)c(F)cc1F. The Bertz CT molecular complexity index is 634. The van der Waals surface area contributed by atoms with Crippen molar-refractivity contribution in [2.24, 2.45) is 0 Å². The van der Waals surface area contributed by atoms with Crippen LogP contribution >= 0.6 is 0 Å². The van der Waals surface area contributed by atoms with Crippen LogP contribution in [0.5, 0.6) is 5.75 Å². The second kappa shape index (κ2) is 6.49. The Morgan fingerprint density at radius 1 is 1.10 bits per heavy atom. The number of ether oxygens (including phenoxy) is 1. The summed E-state index contributed by atoms with van der Waals surface area (Å²) < 4.78 is 45.1. The van der Waals surface area contributed by atoms with Crippen LogP contribution in [0.15, 0.2) is 36.4 Å². The van der Waals surface area contributed by atoms with Crippen molar-refractivity contribution in [2.75, 3.05) is 19.0 Å². The maximum atomic E-state index is 13.8. The highest BCUT2D eigenvalue weighted by molar-refractivity contribution is 5.57. The number of hydrogen-bond donors (Lipinski definition) is 2. The van der Waals surface area contributed by atoms with Gasteiger partial charge in [-0.3, -0.25) is 0 Å². The topological polar surface area (TPSA) is 41.5 Å². The van der Waals surface area contributed by atoms with Crippen LogP contribution in [0, 0.1) is 17.5 Å². The molecule has 0 spiro atoms. The van der Waals surface area contributed by atoms with Crippen LogP contribution in [0.4, 0.5) is 18.9 Å². The third-order valence-corrected chi connectivity index (χ3v) is 3.03. The molecule has 0 saturated heterocycles. The molecule has 0 aliphatic carbocycles. The van der Waals surface area contributed by atoms with E-state index in [9.17, 15) is 18.3 Å². The monoisotopic (exact) mass is 297 g/mol. The first-order valence-corrected chi connectivity index (χ1v) is 6.21. The second-order valence-electron chi connectivity index (χ2n) is 4.37. The van der Waals surface area contributed by atoms with Crippen molar-refractivity contribution < 1.29 is 23.0 Å². The minimum Gasteiger partial charge on any atom is -0.495 e. The van der Waals surface area contributed by atoms with Gasteiger partial charge < -0.3 is 15.2 Å². The highest BCUT2D eigenvalue weighted by Crippen LogP contribution is 2.29. The third-order valence-electron chi connectivity index (χ3n) is 3.03. The first kappa shape index (κ1) is 15.2. The number of halogens is 3. The van der Waals surface area contributed by atoms with Crippen molar-refractivity contribution >= 4 is 5.69 Å². The van der Waals surface area contributed by atoms with Crippen LogP contribution in [0.3, 0.4) is 0 Å². The Morgan fingerprint density at radius 3 is 2.43 bits per heavy atom. The average Bonchev–Trinajstić information content (AvgIpc) is 2.49. The fourth-order valence-electron chi connectivity index (χ4n) is 1.98. The summed E-state index contributed by atoms with van der Waals surface area (Å²) in [5.74, 6) is -2.90. The molecule has 112 valence electrons. The Hall–Kier alpha value is -2.21. The molecule has 3 nitrogen and oxygen atoms in total. The molecule has 0 radical (unpaired) electrons. The number of aliphatic hydroxyl groups is 1. The number of hydrogen-bond acceptors (Lipinski definition) is 3. The van der Waals surface area contributed by atoms with Crippen LogP contribution in [-0.4, -0.2) is 18.8 Å². The second-order valence-corrected chi connectivity index (χ2v) is 4.37. The van der Waals surface area contributed by atoms with Crippen molar-refractivity contribution in [3.8, 4) is 5.75 Å². The van der Waals surface area contributed by atoms with E-state index in [4.69, 9.17) is 4.74 Å². The maximum absolute atomic E-state index is 13.8. The fourth-order valence-corrected chi connectivity index (χ4v) is 1.98.